The lowest BCUT2D eigenvalue weighted by molar-refractivity contribution is 0.0446. The van der Waals surface area contributed by atoms with E-state index in [0.29, 0.717) is 6.10 Å². The molecule has 0 unspecified atom stereocenters. The van der Waals surface area contributed by atoms with Crippen LogP contribution in [0.1, 0.15) is 38.5 Å². The number of nitrogens with two attached hydrogens (primary N) is 1. The molecule has 2 N–H and O–H groups in total. The highest BCUT2D eigenvalue weighted by Gasteiger charge is 2.39. The van der Waals surface area contributed by atoms with Crippen LogP contribution in [0.15, 0.2) is 0 Å². The summed E-state index contributed by atoms with van der Waals surface area (Å²) in [6.45, 7) is 0.803. The molecule has 0 aromatic heterocycles. The van der Waals surface area contributed by atoms with Gasteiger partial charge < -0.3 is 10.5 Å². The molecule has 2 saturated carbocycles. The van der Waals surface area contributed by atoms with E-state index in [-0.39, 0.29) is 5.54 Å². The summed E-state index contributed by atoms with van der Waals surface area (Å²) in [5, 5.41) is 0. The minimum atomic E-state index is 0.0859. The van der Waals surface area contributed by atoms with Crippen LogP contribution in [0.25, 0.3) is 0 Å². The van der Waals surface area contributed by atoms with Gasteiger partial charge in [0.15, 0.2) is 0 Å². The molecule has 0 atom stereocenters. The van der Waals surface area contributed by atoms with Gasteiger partial charge in [-0.2, -0.15) is 0 Å². The van der Waals surface area contributed by atoms with Gasteiger partial charge in [-0.15, -0.1) is 0 Å². The predicted octanol–water partition coefficient (Wildman–Crippen LogP) is 1.44. The summed E-state index contributed by atoms with van der Waals surface area (Å²) in [6, 6.07) is 0. The van der Waals surface area contributed by atoms with Gasteiger partial charge in [0, 0.05) is 5.54 Å². The zero-order valence-corrected chi connectivity index (χ0v) is 7.01. The normalized spacial score (nSPS) is 29.2. The first-order chi connectivity index (χ1) is 5.29. The molecule has 0 bridgehead atoms. The fourth-order valence-electron chi connectivity index (χ4n) is 1.64. The Morgan fingerprint density at radius 1 is 1.27 bits per heavy atom. The minimum absolute atomic E-state index is 0.0859. The molecular formula is C9H17NO. The smallest absolute Gasteiger partial charge is 0.0649 e. The average Bonchev–Trinajstić information content (AvgIpc) is 2.53. The van der Waals surface area contributed by atoms with Gasteiger partial charge >= 0.3 is 0 Å². The van der Waals surface area contributed by atoms with E-state index in [9.17, 15) is 0 Å². The molecule has 64 valence electrons. The topological polar surface area (TPSA) is 35.2 Å². The monoisotopic (exact) mass is 155 g/mol. The molecule has 0 amide bonds. The van der Waals surface area contributed by atoms with E-state index in [2.05, 4.69) is 0 Å². The first-order valence-corrected chi connectivity index (χ1v) is 4.69. The molecule has 0 aromatic carbocycles. The van der Waals surface area contributed by atoms with Gasteiger partial charge in [-0.3, -0.25) is 0 Å². The summed E-state index contributed by atoms with van der Waals surface area (Å²) < 4.78 is 5.70. The van der Waals surface area contributed by atoms with E-state index in [1.54, 1.807) is 0 Å². The zero-order chi connectivity index (χ0) is 7.73. The van der Waals surface area contributed by atoms with Crippen LogP contribution in [0, 0.1) is 0 Å². The Bertz CT molecular complexity index is 136. The van der Waals surface area contributed by atoms with Crippen molar-refractivity contribution in [2.45, 2.75) is 50.2 Å². The maximum atomic E-state index is 5.90. The molecular weight excluding hydrogens is 138 g/mol. The van der Waals surface area contributed by atoms with Crippen LogP contribution in [-0.2, 0) is 4.74 Å². The Balaban J connectivity index is 1.65. The van der Waals surface area contributed by atoms with Crippen molar-refractivity contribution < 1.29 is 4.74 Å². The fourth-order valence-corrected chi connectivity index (χ4v) is 1.64. The van der Waals surface area contributed by atoms with Gasteiger partial charge in [0.25, 0.3) is 0 Å². The molecule has 0 saturated heterocycles. The standard InChI is InChI=1S/C9H17NO/c10-9(5-6-9)7-11-8-3-1-2-4-8/h8H,1-7,10H2. The van der Waals surface area contributed by atoms with Crippen LogP contribution in [0.2, 0.25) is 0 Å². The number of ether oxygens (including phenoxy) is 1. The van der Waals surface area contributed by atoms with E-state index in [4.69, 9.17) is 10.5 Å². The Labute approximate surface area is 68.1 Å². The van der Waals surface area contributed by atoms with E-state index in [1.807, 2.05) is 0 Å². The highest BCUT2D eigenvalue weighted by Crippen LogP contribution is 2.33. The Morgan fingerprint density at radius 2 is 1.91 bits per heavy atom. The third-order valence-corrected chi connectivity index (χ3v) is 2.80. The van der Waals surface area contributed by atoms with Gasteiger partial charge in [0.05, 0.1) is 12.7 Å². The molecule has 0 spiro atoms. The van der Waals surface area contributed by atoms with E-state index < -0.39 is 0 Å². The second kappa shape index (κ2) is 2.76. The molecule has 2 rings (SSSR count). The molecule has 2 aliphatic carbocycles. The second-order valence-corrected chi connectivity index (χ2v) is 4.08. The summed E-state index contributed by atoms with van der Waals surface area (Å²) in [7, 11) is 0. The van der Waals surface area contributed by atoms with Crippen molar-refractivity contribution in [1.29, 1.82) is 0 Å². The summed E-state index contributed by atoms with van der Waals surface area (Å²) in [4.78, 5) is 0. The third-order valence-electron chi connectivity index (χ3n) is 2.80. The van der Waals surface area contributed by atoms with Crippen molar-refractivity contribution in [2.24, 2.45) is 5.73 Å². The molecule has 0 radical (unpaired) electrons. The van der Waals surface area contributed by atoms with Gasteiger partial charge in [-0.1, -0.05) is 12.8 Å². The largest absolute Gasteiger partial charge is 0.376 e. The lowest BCUT2D eigenvalue weighted by Gasteiger charge is -2.14. The van der Waals surface area contributed by atoms with Gasteiger partial charge in [-0.05, 0) is 25.7 Å². The molecule has 11 heavy (non-hydrogen) atoms. The van der Waals surface area contributed by atoms with Gasteiger partial charge in [0.1, 0.15) is 0 Å². The molecule has 2 fully saturated rings. The van der Waals surface area contributed by atoms with Crippen molar-refractivity contribution in [3.8, 4) is 0 Å². The van der Waals surface area contributed by atoms with Crippen LogP contribution < -0.4 is 5.73 Å². The summed E-state index contributed by atoms with van der Waals surface area (Å²) >= 11 is 0. The molecule has 2 heteroatoms. The first kappa shape index (κ1) is 7.56. The summed E-state index contributed by atoms with van der Waals surface area (Å²) in [5.41, 5.74) is 5.99. The summed E-state index contributed by atoms with van der Waals surface area (Å²) in [6.07, 6.45) is 8.09. The molecule has 0 aliphatic heterocycles. The Kier molecular flexibility index (Phi) is 1.90. The van der Waals surface area contributed by atoms with E-state index >= 15 is 0 Å². The maximum absolute atomic E-state index is 5.90. The Hall–Kier alpha value is -0.0800. The average molecular weight is 155 g/mol. The van der Waals surface area contributed by atoms with Crippen LogP contribution in [0.4, 0.5) is 0 Å². The summed E-state index contributed by atoms with van der Waals surface area (Å²) in [5.74, 6) is 0. The van der Waals surface area contributed by atoms with Crippen molar-refractivity contribution in [3.05, 3.63) is 0 Å². The highest BCUT2D eigenvalue weighted by atomic mass is 16.5. The van der Waals surface area contributed by atoms with Crippen LogP contribution in [0.5, 0.6) is 0 Å². The van der Waals surface area contributed by atoms with Crippen molar-refractivity contribution >= 4 is 0 Å². The van der Waals surface area contributed by atoms with Crippen molar-refractivity contribution in [2.75, 3.05) is 6.61 Å². The quantitative estimate of drug-likeness (QED) is 0.669. The fraction of sp³-hybridized carbons (Fsp3) is 1.00. The highest BCUT2D eigenvalue weighted by molar-refractivity contribution is 4.98. The SMILES string of the molecule is NC1(COC2CCCC2)CC1. The van der Waals surface area contributed by atoms with E-state index in [0.717, 1.165) is 6.61 Å². The second-order valence-electron chi connectivity index (χ2n) is 4.08. The predicted molar refractivity (Wildman–Crippen MR) is 44.4 cm³/mol. The van der Waals surface area contributed by atoms with Crippen LogP contribution in [-0.4, -0.2) is 18.2 Å². The number of hydrogen-bond donors (Lipinski definition) is 1. The molecule has 0 heterocycles. The minimum Gasteiger partial charge on any atom is -0.376 e. The van der Waals surface area contributed by atoms with Crippen LogP contribution >= 0.6 is 0 Å². The van der Waals surface area contributed by atoms with Gasteiger partial charge in [0.2, 0.25) is 0 Å². The lowest BCUT2D eigenvalue weighted by Crippen LogP contribution is -2.30. The van der Waals surface area contributed by atoms with Crippen molar-refractivity contribution in [1.82, 2.24) is 0 Å². The van der Waals surface area contributed by atoms with E-state index in [1.165, 1.54) is 38.5 Å². The third kappa shape index (κ3) is 1.94. The van der Waals surface area contributed by atoms with Gasteiger partial charge in [-0.25, -0.2) is 0 Å². The number of hydrogen-bond acceptors (Lipinski definition) is 2. The van der Waals surface area contributed by atoms with Crippen molar-refractivity contribution in [3.63, 3.8) is 0 Å². The maximum Gasteiger partial charge on any atom is 0.0649 e. The van der Waals surface area contributed by atoms with Crippen LogP contribution in [0.3, 0.4) is 0 Å². The Morgan fingerprint density at radius 3 is 2.45 bits per heavy atom. The molecule has 2 aliphatic rings. The lowest BCUT2D eigenvalue weighted by atomic mass is 10.3. The zero-order valence-electron chi connectivity index (χ0n) is 7.01. The molecule has 2 nitrogen and oxygen atoms in total. The first-order valence-electron chi connectivity index (χ1n) is 4.69. The number of rotatable bonds is 3. The molecule has 0 aromatic rings.